The summed E-state index contributed by atoms with van der Waals surface area (Å²) in [5.74, 6) is 0. The Labute approximate surface area is 38.9 Å². The van der Waals surface area contributed by atoms with E-state index in [0.717, 1.165) is 6.08 Å². The molecule has 1 unspecified atom stereocenters. The van der Waals surface area contributed by atoms with Gasteiger partial charge in [-0.3, -0.25) is 0 Å². The summed E-state index contributed by atoms with van der Waals surface area (Å²) >= 11 is 4.12. The second-order valence-corrected chi connectivity index (χ2v) is 1.05. The summed E-state index contributed by atoms with van der Waals surface area (Å²) in [5, 5.41) is -1.29. The van der Waals surface area contributed by atoms with Gasteiger partial charge in [0, 0.05) is 0 Å². The molecule has 0 aromatic heterocycles. The molecular formula is C3H4CuF. The number of alkyl halides is 1. The van der Waals surface area contributed by atoms with Crippen molar-refractivity contribution >= 4 is 0 Å². The summed E-state index contributed by atoms with van der Waals surface area (Å²) in [6.45, 7) is 3.08. The summed E-state index contributed by atoms with van der Waals surface area (Å²) in [7, 11) is 0. The predicted octanol–water partition coefficient (Wildman–Crippen LogP) is 1.01. The predicted molar refractivity (Wildman–Crippen MR) is 15.1 cm³/mol. The van der Waals surface area contributed by atoms with Gasteiger partial charge < -0.3 is 0 Å². The summed E-state index contributed by atoms with van der Waals surface area (Å²) in [6.07, 6.45) is 1.06. The fourth-order valence-electron chi connectivity index (χ4n) is 0. The molecule has 34 valence electrons. The van der Waals surface area contributed by atoms with Crippen molar-refractivity contribution in [1.82, 2.24) is 0 Å². The molecule has 0 rings (SSSR count). The summed E-state index contributed by atoms with van der Waals surface area (Å²) in [5.41, 5.74) is 0. The standard InChI is InChI=1S/C3H4F.Cu/c1-2-3-4;/h2-3H,1H2;. The van der Waals surface area contributed by atoms with Crippen LogP contribution in [0.1, 0.15) is 0 Å². The Balaban J connectivity index is 2.83. The maximum atomic E-state index is 11.1. The van der Waals surface area contributed by atoms with Gasteiger partial charge in [0.2, 0.25) is 0 Å². The molecule has 0 nitrogen and oxygen atoms in total. The van der Waals surface area contributed by atoms with Gasteiger partial charge in [0.15, 0.2) is 0 Å². The van der Waals surface area contributed by atoms with Crippen LogP contribution in [0.2, 0.25) is 0 Å². The van der Waals surface area contributed by atoms with Gasteiger partial charge in [0.1, 0.15) is 0 Å². The molecule has 0 saturated heterocycles. The van der Waals surface area contributed by atoms with Crippen LogP contribution >= 0.6 is 0 Å². The van der Waals surface area contributed by atoms with Crippen LogP contribution in [0.3, 0.4) is 0 Å². The fraction of sp³-hybridized carbons (Fsp3) is 0.333. The van der Waals surface area contributed by atoms with E-state index in [1.807, 2.05) is 0 Å². The van der Waals surface area contributed by atoms with Gasteiger partial charge in [0.25, 0.3) is 0 Å². The molecule has 0 bridgehead atoms. The normalized spacial score (nSPS) is 14.2. The Kier molecular flexibility index (Phi) is 2.52. The Bertz CT molecular complexity index is 33.9. The summed E-state index contributed by atoms with van der Waals surface area (Å²) < 4.78 is 11.1. The third-order valence-corrected chi connectivity index (χ3v) is 0.382. The molecular weight excluding hydrogens is 119 g/mol. The van der Waals surface area contributed by atoms with Crippen LogP contribution < -0.4 is 0 Å². The van der Waals surface area contributed by atoms with E-state index in [1.54, 1.807) is 0 Å². The van der Waals surface area contributed by atoms with Crippen LogP contribution in [0.5, 0.6) is 0 Å². The Morgan fingerprint density at radius 3 is 2.20 bits per heavy atom. The third-order valence-electron chi connectivity index (χ3n) is 0.160. The fourth-order valence-corrected chi connectivity index (χ4v) is 0. The van der Waals surface area contributed by atoms with Crippen LogP contribution in [0.4, 0.5) is 4.39 Å². The molecule has 0 aliphatic carbocycles. The van der Waals surface area contributed by atoms with Crippen molar-refractivity contribution < 1.29 is 20.4 Å². The monoisotopic (exact) mass is 122 g/mol. The van der Waals surface area contributed by atoms with Gasteiger partial charge in [-0.05, 0) is 0 Å². The van der Waals surface area contributed by atoms with E-state index in [9.17, 15) is 4.39 Å². The number of allylic oxidation sites excluding steroid dienone is 1. The summed E-state index contributed by atoms with van der Waals surface area (Å²) in [6, 6.07) is 0. The van der Waals surface area contributed by atoms with Crippen molar-refractivity contribution in [3.63, 3.8) is 0 Å². The molecule has 0 N–H and O–H groups in total. The first-order valence-corrected chi connectivity index (χ1v) is 1.68. The number of rotatable bonds is 1. The maximum absolute atomic E-state index is 11.1. The molecule has 0 radical (unpaired) electrons. The van der Waals surface area contributed by atoms with Crippen LogP contribution in [0.15, 0.2) is 12.7 Å². The zero-order valence-electron chi connectivity index (χ0n) is 2.54. The van der Waals surface area contributed by atoms with Crippen molar-refractivity contribution in [2.24, 2.45) is 0 Å². The van der Waals surface area contributed by atoms with E-state index in [0.29, 0.717) is 0 Å². The van der Waals surface area contributed by atoms with Crippen LogP contribution in [0, 0.1) is 0 Å². The topological polar surface area (TPSA) is 0 Å². The van der Waals surface area contributed by atoms with E-state index in [1.165, 1.54) is 0 Å². The number of halogens is 1. The molecule has 0 saturated carbocycles. The molecule has 0 aromatic carbocycles. The van der Waals surface area contributed by atoms with Crippen molar-refractivity contribution in [1.29, 1.82) is 0 Å². The zero-order valence-corrected chi connectivity index (χ0v) is 3.48. The van der Waals surface area contributed by atoms with Gasteiger partial charge in [-0.1, -0.05) is 0 Å². The van der Waals surface area contributed by atoms with E-state index >= 15 is 0 Å². The van der Waals surface area contributed by atoms with Gasteiger partial charge in [-0.2, -0.15) is 0 Å². The van der Waals surface area contributed by atoms with E-state index in [2.05, 4.69) is 22.6 Å². The molecule has 5 heavy (non-hydrogen) atoms. The average molecular weight is 123 g/mol. The molecule has 0 aliphatic rings. The molecule has 1 atom stereocenters. The second kappa shape index (κ2) is 2.43. The van der Waals surface area contributed by atoms with Crippen molar-refractivity contribution in [3.05, 3.63) is 12.7 Å². The first-order valence-electron chi connectivity index (χ1n) is 1.13. The first-order chi connectivity index (χ1) is 2.27. The molecule has 0 spiro atoms. The van der Waals surface area contributed by atoms with Gasteiger partial charge in [-0.15, -0.1) is 0 Å². The zero-order chi connectivity index (χ0) is 4.28. The van der Waals surface area contributed by atoms with Crippen molar-refractivity contribution in [2.45, 2.75) is 5.07 Å². The Morgan fingerprint density at radius 1 is 2.00 bits per heavy atom. The quantitative estimate of drug-likeness (QED) is 0.360. The first kappa shape index (κ1) is 5.19. The molecule has 0 fully saturated rings. The number of hydrogen-bond donors (Lipinski definition) is 0. The second-order valence-electron chi connectivity index (χ2n) is 0.528. The third kappa shape index (κ3) is 4.19. The molecule has 2 heteroatoms. The molecule has 0 aliphatic heterocycles. The van der Waals surface area contributed by atoms with E-state index in [4.69, 9.17) is 0 Å². The van der Waals surface area contributed by atoms with Gasteiger partial charge >= 0.3 is 38.1 Å². The van der Waals surface area contributed by atoms with E-state index in [-0.39, 0.29) is 0 Å². The average Bonchev–Trinajstić information content (AvgIpc) is 1.38. The van der Waals surface area contributed by atoms with Crippen molar-refractivity contribution in [2.75, 3.05) is 0 Å². The summed E-state index contributed by atoms with van der Waals surface area (Å²) in [4.78, 5) is 0. The minimum atomic E-state index is -1.29. The van der Waals surface area contributed by atoms with Crippen molar-refractivity contribution in [3.8, 4) is 0 Å². The van der Waals surface area contributed by atoms with Gasteiger partial charge in [-0.25, -0.2) is 0 Å². The molecule has 0 heterocycles. The Hall–Kier alpha value is 0.189. The molecule has 0 aromatic rings. The van der Waals surface area contributed by atoms with Crippen LogP contribution in [-0.2, 0) is 16.0 Å². The van der Waals surface area contributed by atoms with E-state index < -0.39 is 5.07 Å². The Morgan fingerprint density at radius 2 is 2.20 bits per heavy atom. The minimum absolute atomic E-state index is 1.06. The van der Waals surface area contributed by atoms with Crippen LogP contribution in [-0.4, -0.2) is 5.07 Å². The molecule has 0 amide bonds. The number of hydrogen-bond acceptors (Lipinski definition) is 0. The van der Waals surface area contributed by atoms with Gasteiger partial charge in [0.05, 0.1) is 0 Å². The SMILES string of the molecule is C=C[CH](F)[Cu]. The van der Waals surface area contributed by atoms with Crippen LogP contribution in [0.25, 0.3) is 0 Å².